The van der Waals surface area contributed by atoms with Crippen molar-refractivity contribution >= 4 is 17.3 Å². The molecule has 1 aliphatic heterocycles. The number of nitriles is 1. The van der Waals surface area contributed by atoms with Crippen molar-refractivity contribution in [3.8, 4) is 6.07 Å². The van der Waals surface area contributed by atoms with Gasteiger partial charge >= 0.3 is 0 Å². The normalized spacial score (nSPS) is 20.3. The molecule has 0 aliphatic carbocycles. The summed E-state index contributed by atoms with van der Waals surface area (Å²) in [7, 11) is 0. The molecule has 1 aromatic carbocycles. The fourth-order valence-electron chi connectivity index (χ4n) is 2.58. The van der Waals surface area contributed by atoms with Gasteiger partial charge in [-0.15, -0.1) is 0 Å². The molecule has 0 spiro atoms. The van der Waals surface area contributed by atoms with Crippen LogP contribution in [0.5, 0.6) is 0 Å². The highest BCUT2D eigenvalue weighted by Gasteiger charge is 2.23. The SMILES string of the molecule is C[C@H]1CN(c2ccc(Cl)cc2)CCN1CCCC#N. The quantitative estimate of drug-likeness (QED) is 0.792. The van der Waals surface area contributed by atoms with Crippen molar-refractivity contribution in [1.29, 1.82) is 5.26 Å². The lowest BCUT2D eigenvalue weighted by Gasteiger charge is -2.41. The first kappa shape index (κ1) is 14.2. The Hall–Kier alpha value is -1.24. The van der Waals surface area contributed by atoms with Crippen LogP contribution in [0.2, 0.25) is 5.02 Å². The van der Waals surface area contributed by atoms with Crippen LogP contribution in [0.1, 0.15) is 19.8 Å². The lowest BCUT2D eigenvalue weighted by Crippen LogP contribution is -2.52. The van der Waals surface area contributed by atoms with Gasteiger partial charge in [-0.1, -0.05) is 11.6 Å². The van der Waals surface area contributed by atoms with Gasteiger partial charge in [-0.25, -0.2) is 0 Å². The Morgan fingerprint density at radius 1 is 1.32 bits per heavy atom. The van der Waals surface area contributed by atoms with E-state index in [9.17, 15) is 0 Å². The first-order valence-electron chi connectivity index (χ1n) is 6.82. The molecule has 0 radical (unpaired) electrons. The van der Waals surface area contributed by atoms with Gasteiger partial charge in [0.1, 0.15) is 0 Å². The van der Waals surface area contributed by atoms with Crippen molar-refractivity contribution in [3.63, 3.8) is 0 Å². The predicted octanol–water partition coefficient (Wildman–Crippen LogP) is 3.15. The van der Waals surface area contributed by atoms with E-state index in [0.29, 0.717) is 12.5 Å². The highest BCUT2D eigenvalue weighted by atomic mass is 35.5. The van der Waals surface area contributed by atoms with E-state index in [4.69, 9.17) is 16.9 Å². The zero-order valence-electron chi connectivity index (χ0n) is 11.3. The molecular weight excluding hydrogens is 258 g/mol. The fourth-order valence-corrected chi connectivity index (χ4v) is 2.70. The number of hydrogen-bond acceptors (Lipinski definition) is 3. The topological polar surface area (TPSA) is 30.3 Å². The van der Waals surface area contributed by atoms with Crippen molar-refractivity contribution in [2.45, 2.75) is 25.8 Å². The fraction of sp³-hybridized carbons (Fsp3) is 0.533. The van der Waals surface area contributed by atoms with Crippen LogP contribution in [0.3, 0.4) is 0 Å². The molecule has 2 rings (SSSR count). The number of unbranched alkanes of at least 4 members (excludes halogenated alkanes) is 1. The summed E-state index contributed by atoms with van der Waals surface area (Å²) in [5.41, 5.74) is 1.24. The van der Waals surface area contributed by atoms with Crippen LogP contribution in [0.25, 0.3) is 0 Å². The zero-order valence-corrected chi connectivity index (χ0v) is 12.1. The van der Waals surface area contributed by atoms with Crippen molar-refractivity contribution < 1.29 is 0 Å². The molecule has 0 aromatic heterocycles. The van der Waals surface area contributed by atoms with E-state index in [1.165, 1.54) is 5.69 Å². The van der Waals surface area contributed by atoms with Crippen LogP contribution in [0.4, 0.5) is 5.69 Å². The molecule has 4 heteroatoms. The first-order valence-corrected chi connectivity index (χ1v) is 7.20. The average Bonchev–Trinajstić information content (AvgIpc) is 2.42. The zero-order chi connectivity index (χ0) is 13.7. The second kappa shape index (κ2) is 6.79. The minimum Gasteiger partial charge on any atom is -0.369 e. The molecule has 1 saturated heterocycles. The maximum absolute atomic E-state index is 8.59. The number of halogens is 1. The summed E-state index contributed by atoms with van der Waals surface area (Å²) in [4.78, 5) is 4.88. The average molecular weight is 278 g/mol. The Kier molecular flexibility index (Phi) is 5.07. The van der Waals surface area contributed by atoms with Gasteiger partial charge in [0.2, 0.25) is 0 Å². The summed E-state index contributed by atoms with van der Waals surface area (Å²) < 4.78 is 0. The monoisotopic (exact) mass is 277 g/mol. The van der Waals surface area contributed by atoms with Crippen LogP contribution in [0.15, 0.2) is 24.3 Å². The largest absolute Gasteiger partial charge is 0.369 e. The highest BCUT2D eigenvalue weighted by Crippen LogP contribution is 2.21. The molecule has 19 heavy (non-hydrogen) atoms. The maximum atomic E-state index is 8.59. The molecule has 1 heterocycles. The Morgan fingerprint density at radius 3 is 2.68 bits per heavy atom. The Morgan fingerprint density at radius 2 is 2.05 bits per heavy atom. The lowest BCUT2D eigenvalue weighted by atomic mass is 10.1. The summed E-state index contributed by atoms with van der Waals surface area (Å²) in [6.45, 7) is 6.43. The standard InChI is InChI=1S/C15H20ClN3/c1-13-12-19(15-6-4-14(16)5-7-15)11-10-18(13)9-3-2-8-17/h4-7,13H,2-3,9-12H2,1H3/t13-/m0/s1. The summed E-state index contributed by atoms with van der Waals surface area (Å²) in [6, 6.07) is 10.8. The molecule has 0 unspecified atom stereocenters. The van der Waals surface area contributed by atoms with Crippen LogP contribution >= 0.6 is 11.6 Å². The van der Waals surface area contributed by atoms with Crippen molar-refractivity contribution in [2.75, 3.05) is 31.1 Å². The Labute approximate surface area is 120 Å². The lowest BCUT2D eigenvalue weighted by molar-refractivity contribution is 0.188. The van der Waals surface area contributed by atoms with Gasteiger partial charge in [-0.3, -0.25) is 4.90 Å². The summed E-state index contributed by atoms with van der Waals surface area (Å²) in [5, 5.41) is 9.37. The Bertz CT molecular complexity index is 438. The molecule has 1 fully saturated rings. The number of benzene rings is 1. The molecule has 0 amide bonds. The van der Waals surface area contributed by atoms with Gasteiger partial charge in [0.15, 0.2) is 0 Å². The van der Waals surface area contributed by atoms with E-state index in [-0.39, 0.29) is 0 Å². The van der Waals surface area contributed by atoms with Gasteiger partial charge in [-0.05, 0) is 44.2 Å². The number of piperazine rings is 1. The minimum absolute atomic E-state index is 0.531. The predicted molar refractivity (Wildman–Crippen MR) is 79.5 cm³/mol. The van der Waals surface area contributed by atoms with Crippen molar-refractivity contribution in [2.24, 2.45) is 0 Å². The van der Waals surface area contributed by atoms with Gasteiger partial charge < -0.3 is 4.90 Å². The highest BCUT2D eigenvalue weighted by molar-refractivity contribution is 6.30. The van der Waals surface area contributed by atoms with E-state index < -0.39 is 0 Å². The number of nitrogens with zero attached hydrogens (tertiary/aromatic N) is 3. The molecule has 0 saturated carbocycles. The van der Waals surface area contributed by atoms with Gasteiger partial charge in [0, 0.05) is 42.8 Å². The number of anilines is 1. The third-order valence-electron chi connectivity index (χ3n) is 3.69. The summed E-state index contributed by atoms with van der Waals surface area (Å²) in [6.07, 6.45) is 1.63. The molecule has 0 bridgehead atoms. The van der Waals surface area contributed by atoms with Crippen molar-refractivity contribution in [3.05, 3.63) is 29.3 Å². The minimum atomic E-state index is 0.531. The molecule has 3 nitrogen and oxygen atoms in total. The third kappa shape index (κ3) is 3.86. The van der Waals surface area contributed by atoms with Gasteiger partial charge in [-0.2, -0.15) is 5.26 Å². The second-order valence-corrected chi connectivity index (χ2v) is 5.51. The second-order valence-electron chi connectivity index (χ2n) is 5.07. The van der Waals surface area contributed by atoms with E-state index >= 15 is 0 Å². The molecule has 1 atom stereocenters. The third-order valence-corrected chi connectivity index (χ3v) is 3.94. The van der Waals surface area contributed by atoms with E-state index in [1.807, 2.05) is 12.1 Å². The molecule has 1 aliphatic rings. The van der Waals surface area contributed by atoms with Crippen LogP contribution in [0, 0.1) is 11.3 Å². The van der Waals surface area contributed by atoms with Crippen LogP contribution in [-0.4, -0.2) is 37.1 Å². The molecule has 102 valence electrons. The molecule has 1 aromatic rings. The van der Waals surface area contributed by atoms with E-state index in [0.717, 1.165) is 37.6 Å². The number of rotatable bonds is 4. The van der Waals surface area contributed by atoms with Gasteiger partial charge in [0.05, 0.1) is 6.07 Å². The summed E-state index contributed by atoms with van der Waals surface area (Å²) in [5.74, 6) is 0. The van der Waals surface area contributed by atoms with Crippen LogP contribution < -0.4 is 4.90 Å². The first-order chi connectivity index (χ1) is 9.20. The molecule has 0 N–H and O–H groups in total. The van der Waals surface area contributed by atoms with Gasteiger partial charge in [0.25, 0.3) is 0 Å². The number of hydrogen-bond donors (Lipinski definition) is 0. The van der Waals surface area contributed by atoms with Crippen molar-refractivity contribution in [1.82, 2.24) is 4.90 Å². The maximum Gasteiger partial charge on any atom is 0.0622 e. The molecular formula is C15H20ClN3. The van der Waals surface area contributed by atoms with E-state index in [2.05, 4.69) is 34.9 Å². The van der Waals surface area contributed by atoms with Crippen LogP contribution in [-0.2, 0) is 0 Å². The summed E-state index contributed by atoms with van der Waals surface area (Å²) >= 11 is 5.92. The van der Waals surface area contributed by atoms with E-state index in [1.54, 1.807) is 0 Å². The smallest absolute Gasteiger partial charge is 0.0622 e. The Balaban J connectivity index is 1.89.